The van der Waals surface area contributed by atoms with Gasteiger partial charge in [0, 0.05) is 5.56 Å². The molecule has 0 spiro atoms. The van der Waals surface area contributed by atoms with Gasteiger partial charge in [0.2, 0.25) is 0 Å². The Kier molecular flexibility index (Phi) is 4.47. The van der Waals surface area contributed by atoms with E-state index in [0.29, 0.717) is 25.4 Å². The van der Waals surface area contributed by atoms with Gasteiger partial charge >= 0.3 is 0 Å². The molecule has 2 aromatic rings. The molecule has 4 nitrogen and oxygen atoms in total. The average Bonchev–Trinajstić information content (AvgIpc) is 2.44. The second kappa shape index (κ2) is 6.11. The molecule has 0 aliphatic carbocycles. The minimum absolute atomic E-state index is 0.0372. The summed E-state index contributed by atoms with van der Waals surface area (Å²) in [7, 11) is 0. The molecule has 2 N–H and O–H groups in total. The lowest BCUT2D eigenvalue weighted by Gasteiger charge is -2.08. The SMILES string of the molecule is N#Cc1ccc(Cl)c(NC(=O)c2ccc(I)c(O)c2)c1. The van der Waals surface area contributed by atoms with E-state index in [4.69, 9.17) is 16.9 Å². The maximum Gasteiger partial charge on any atom is 0.255 e. The Morgan fingerprint density at radius 1 is 1.30 bits per heavy atom. The first-order valence-electron chi connectivity index (χ1n) is 5.51. The Labute approximate surface area is 134 Å². The molecule has 6 heteroatoms. The number of rotatable bonds is 2. The smallest absolute Gasteiger partial charge is 0.255 e. The van der Waals surface area contributed by atoms with E-state index in [-0.39, 0.29) is 5.75 Å². The van der Waals surface area contributed by atoms with Crippen molar-refractivity contribution in [3.05, 3.63) is 56.1 Å². The molecule has 100 valence electrons. The monoisotopic (exact) mass is 398 g/mol. The number of halogens is 2. The van der Waals surface area contributed by atoms with Gasteiger partial charge in [-0.3, -0.25) is 4.79 Å². The number of amides is 1. The number of carbonyl (C=O) groups is 1. The second-order valence-corrected chi connectivity index (χ2v) is 5.50. The number of carbonyl (C=O) groups excluding carboxylic acids is 1. The maximum absolute atomic E-state index is 12.1. The second-order valence-electron chi connectivity index (χ2n) is 3.93. The highest BCUT2D eigenvalue weighted by Gasteiger charge is 2.11. The van der Waals surface area contributed by atoms with Crippen LogP contribution in [0.5, 0.6) is 5.75 Å². The fourth-order valence-electron chi connectivity index (χ4n) is 1.54. The summed E-state index contributed by atoms with van der Waals surface area (Å²) < 4.78 is 0.656. The Morgan fingerprint density at radius 2 is 2.05 bits per heavy atom. The summed E-state index contributed by atoms with van der Waals surface area (Å²) in [5.41, 5.74) is 1.06. The quantitative estimate of drug-likeness (QED) is 0.756. The Balaban J connectivity index is 2.28. The minimum Gasteiger partial charge on any atom is -0.507 e. The Bertz CT molecular complexity index is 726. The van der Waals surface area contributed by atoms with Gasteiger partial charge in [0.05, 0.1) is 25.9 Å². The fourth-order valence-corrected chi connectivity index (χ4v) is 2.04. The highest BCUT2D eigenvalue weighted by Crippen LogP contribution is 2.25. The lowest BCUT2D eigenvalue weighted by Crippen LogP contribution is -2.12. The maximum atomic E-state index is 12.1. The predicted molar refractivity (Wildman–Crippen MR) is 84.9 cm³/mol. The summed E-state index contributed by atoms with van der Waals surface area (Å²) in [5.74, 6) is -0.371. The minimum atomic E-state index is -0.409. The summed E-state index contributed by atoms with van der Waals surface area (Å²) in [6.45, 7) is 0. The van der Waals surface area contributed by atoms with E-state index in [1.807, 2.05) is 28.7 Å². The molecule has 2 aromatic carbocycles. The average molecular weight is 399 g/mol. The first-order valence-corrected chi connectivity index (χ1v) is 6.96. The number of nitrogens with one attached hydrogen (secondary N) is 1. The summed E-state index contributed by atoms with van der Waals surface area (Å²) in [4.78, 5) is 12.1. The zero-order valence-electron chi connectivity index (χ0n) is 10.0. The summed E-state index contributed by atoms with van der Waals surface area (Å²) in [6.07, 6.45) is 0. The molecule has 0 fully saturated rings. The molecule has 0 saturated heterocycles. The molecule has 20 heavy (non-hydrogen) atoms. The van der Waals surface area contributed by atoms with Crippen LogP contribution in [-0.4, -0.2) is 11.0 Å². The first kappa shape index (κ1) is 14.6. The highest BCUT2D eigenvalue weighted by molar-refractivity contribution is 14.1. The summed E-state index contributed by atoms with van der Waals surface area (Å²) >= 11 is 7.93. The van der Waals surface area contributed by atoms with Crippen LogP contribution < -0.4 is 5.32 Å². The predicted octanol–water partition coefficient (Wildman–Crippen LogP) is 3.77. The third-order valence-electron chi connectivity index (χ3n) is 2.55. The zero-order valence-corrected chi connectivity index (χ0v) is 12.9. The van der Waals surface area contributed by atoms with Crippen molar-refractivity contribution in [3.8, 4) is 11.8 Å². The number of benzene rings is 2. The Hall–Kier alpha value is -1.78. The van der Waals surface area contributed by atoms with E-state index in [1.54, 1.807) is 24.3 Å². The van der Waals surface area contributed by atoms with Gasteiger partial charge in [0.1, 0.15) is 5.75 Å². The third-order valence-corrected chi connectivity index (χ3v) is 3.79. The Morgan fingerprint density at radius 3 is 2.70 bits per heavy atom. The molecule has 0 radical (unpaired) electrons. The topological polar surface area (TPSA) is 73.1 Å². The molecule has 0 aliphatic rings. The van der Waals surface area contributed by atoms with Crippen molar-refractivity contribution in [1.82, 2.24) is 0 Å². The van der Waals surface area contributed by atoms with Crippen molar-refractivity contribution in [1.29, 1.82) is 5.26 Å². The van der Waals surface area contributed by atoms with E-state index in [0.717, 1.165) is 0 Å². The zero-order chi connectivity index (χ0) is 14.7. The molecule has 0 bridgehead atoms. The fraction of sp³-hybridized carbons (Fsp3) is 0. The van der Waals surface area contributed by atoms with Crippen LogP contribution in [-0.2, 0) is 0 Å². The largest absolute Gasteiger partial charge is 0.507 e. The van der Waals surface area contributed by atoms with Gasteiger partial charge in [0.25, 0.3) is 5.91 Å². The van der Waals surface area contributed by atoms with Crippen LogP contribution in [0.4, 0.5) is 5.69 Å². The van der Waals surface area contributed by atoms with Crippen LogP contribution in [0.1, 0.15) is 15.9 Å². The van der Waals surface area contributed by atoms with Crippen LogP contribution in [0.3, 0.4) is 0 Å². The van der Waals surface area contributed by atoms with Crippen molar-refractivity contribution in [2.24, 2.45) is 0 Å². The van der Waals surface area contributed by atoms with Crippen molar-refractivity contribution in [2.45, 2.75) is 0 Å². The van der Waals surface area contributed by atoms with Gasteiger partial charge in [-0.2, -0.15) is 5.26 Å². The van der Waals surface area contributed by atoms with E-state index in [1.165, 1.54) is 12.1 Å². The number of hydrogen-bond acceptors (Lipinski definition) is 3. The standard InChI is InChI=1S/C14H8ClIN2O2/c15-10-3-1-8(7-17)5-12(10)18-14(20)9-2-4-11(16)13(19)6-9/h1-6,19H,(H,18,20). The van der Waals surface area contributed by atoms with Gasteiger partial charge in [-0.05, 0) is 59.0 Å². The van der Waals surface area contributed by atoms with Crippen LogP contribution in [0.25, 0.3) is 0 Å². The normalized spacial score (nSPS) is 9.85. The van der Waals surface area contributed by atoms with E-state index < -0.39 is 5.91 Å². The molecule has 0 unspecified atom stereocenters. The van der Waals surface area contributed by atoms with Crippen molar-refractivity contribution in [3.63, 3.8) is 0 Å². The van der Waals surface area contributed by atoms with Gasteiger partial charge in [-0.15, -0.1) is 0 Å². The van der Waals surface area contributed by atoms with Gasteiger partial charge < -0.3 is 10.4 Å². The van der Waals surface area contributed by atoms with Crippen LogP contribution in [0, 0.1) is 14.9 Å². The van der Waals surface area contributed by atoms with Crippen LogP contribution in [0.2, 0.25) is 5.02 Å². The van der Waals surface area contributed by atoms with E-state index in [2.05, 4.69) is 5.32 Å². The number of hydrogen-bond donors (Lipinski definition) is 2. The summed E-state index contributed by atoms with van der Waals surface area (Å²) in [5, 5.41) is 21.4. The first-order chi connectivity index (χ1) is 9.51. The molecule has 0 aromatic heterocycles. The molecular weight excluding hydrogens is 391 g/mol. The molecule has 1 amide bonds. The van der Waals surface area contributed by atoms with Crippen molar-refractivity contribution in [2.75, 3.05) is 5.32 Å². The lowest BCUT2D eigenvalue weighted by atomic mass is 10.1. The molecule has 0 saturated carbocycles. The number of phenolic OH excluding ortho intramolecular Hbond substituents is 1. The van der Waals surface area contributed by atoms with Crippen LogP contribution in [0.15, 0.2) is 36.4 Å². The summed E-state index contributed by atoms with van der Waals surface area (Å²) in [6, 6.07) is 11.2. The number of nitrogens with zero attached hydrogens (tertiary/aromatic N) is 1. The third kappa shape index (κ3) is 3.21. The van der Waals surface area contributed by atoms with E-state index in [9.17, 15) is 9.90 Å². The van der Waals surface area contributed by atoms with Gasteiger partial charge in [-0.25, -0.2) is 0 Å². The molecular formula is C14H8ClIN2O2. The van der Waals surface area contributed by atoms with Crippen LogP contribution >= 0.6 is 34.2 Å². The lowest BCUT2D eigenvalue weighted by molar-refractivity contribution is 0.102. The molecule has 0 heterocycles. The number of anilines is 1. The number of nitriles is 1. The highest BCUT2D eigenvalue weighted by atomic mass is 127. The number of aromatic hydroxyl groups is 1. The molecule has 0 aliphatic heterocycles. The number of phenols is 1. The molecule has 0 atom stereocenters. The van der Waals surface area contributed by atoms with Gasteiger partial charge in [-0.1, -0.05) is 11.6 Å². The van der Waals surface area contributed by atoms with E-state index >= 15 is 0 Å². The molecule has 2 rings (SSSR count). The van der Waals surface area contributed by atoms with Gasteiger partial charge in [0.15, 0.2) is 0 Å². The van der Waals surface area contributed by atoms with Crippen molar-refractivity contribution >= 4 is 45.8 Å². The van der Waals surface area contributed by atoms with Crippen molar-refractivity contribution < 1.29 is 9.90 Å².